The topological polar surface area (TPSA) is 3.24 Å². The van der Waals surface area contributed by atoms with Gasteiger partial charge in [-0.25, -0.2) is 0 Å². The van der Waals surface area contributed by atoms with Gasteiger partial charge in [0.25, 0.3) is 0 Å². The highest BCUT2D eigenvalue weighted by Gasteiger charge is 2.22. The standard InChI is InChI=1S/C44H29N/c1-3-15-35(16-4-1)45(36-17-5-2-6-18-36)44-40-21-11-9-19-38(40)43(39-20-10-12-22-41(39)44)34-25-26-37-32(28-34)23-24-33-27-30-13-7-8-14-31(30)29-42(33)37/h1-29H. The van der Waals surface area contributed by atoms with Crippen molar-refractivity contribution in [1.29, 1.82) is 0 Å². The summed E-state index contributed by atoms with van der Waals surface area (Å²) in [5.74, 6) is 0. The van der Waals surface area contributed by atoms with Crippen molar-refractivity contribution in [3.63, 3.8) is 0 Å². The first-order valence-electron chi connectivity index (χ1n) is 15.5. The number of anilines is 3. The largest absolute Gasteiger partial charge is 0.309 e. The van der Waals surface area contributed by atoms with E-state index in [1.807, 2.05) is 0 Å². The molecule has 0 bridgehead atoms. The molecule has 0 atom stereocenters. The summed E-state index contributed by atoms with van der Waals surface area (Å²) < 4.78 is 0. The monoisotopic (exact) mass is 571 g/mol. The lowest BCUT2D eigenvalue weighted by molar-refractivity contribution is 1.31. The number of fused-ring (bicyclic) bond motifs is 6. The molecule has 1 heteroatoms. The van der Waals surface area contributed by atoms with Gasteiger partial charge < -0.3 is 4.90 Å². The average molecular weight is 572 g/mol. The van der Waals surface area contributed by atoms with Crippen LogP contribution in [0.5, 0.6) is 0 Å². The van der Waals surface area contributed by atoms with E-state index in [1.54, 1.807) is 0 Å². The van der Waals surface area contributed by atoms with Crippen LogP contribution in [0.1, 0.15) is 0 Å². The van der Waals surface area contributed by atoms with Crippen LogP contribution in [-0.4, -0.2) is 0 Å². The van der Waals surface area contributed by atoms with Crippen molar-refractivity contribution in [2.24, 2.45) is 0 Å². The van der Waals surface area contributed by atoms with Crippen molar-refractivity contribution >= 4 is 70.9 Å². The van der Waals surface area contributed by atoms with Crippen LogP contribution in [0.15, 0.2) is 176 Å². The molecule has 0 aliphatic carbocycles. The van der Waals surface area contributed by atoms with E-state index in [-0.39, 0.29) is 0 Å². The molecule has 0 amide bonds. The minimum atomic E-state index is 1.14. The minimum absolute atomic E-state index is 1.14. The lowest BCUT2D eigenvalue weighted by Gasteiger charge is -2.29. The number of benzene rings is 9. The summed E-state index contributed by atoms with van der Waals surface area (Å²) in [6.45, 7) is 0. The number of nitrogens with zero attached hydrogens (tertiary/aromatic N) is 1. The first-order valence-corrected chi connectivity index (χ1v) is 15.5. The van der Waals surface area contributed by atoms with Crippen LogP contribution in [0.25, 0.3) is 65.0 Å². The second kappa shape index (κ2) is 10.4. The molecule has 0 aromatic heterocycles. The van der Waals surface area contributed by atoms with E-state index in [4.69, 9.17) is 0 Å². The molecule has 0 radical (unpaired) electrons. The molecule has 0 fully saturated rings. The molecule has 1 nitrogen and oxygen atoms in total. The maximum Gasteiger partial charge on any atom is 0.0618 e. The van der Waals surface area contributed by atoms with E-state index in [0.717, 1.165) is 11.4 Å². The highest BCUT2D eigenvalue weighted by atomic mass is 15.1. The van der Waals surface area contributed by atoms with Gasteiger partial charge in [-0.05, 0) is 96.7 Å². The molecule has 45 heavy (non-hydrogen) atoms. The molecule has 0 unspecified atom stereocenters. The molecule has 0 N–H and O–H groups in total. The van der Waals surface area contributed by atoms with E-state index in [1.165, 1.54) is 70.7 Å². The molecule has 0 saturated carbocycles. The van der Waals surface area contributed by atoms with Gasteiger partial charge in [-0.3, -0.25) is 0 Å². The highest BCUT2D eigenvalue weighted by molar-refractivity contribution is 6.23. The van der Waals surface area contributed by atoms with Gasteiger partial charge in [0.1, 0.15) is 0 Å². The summed E-state index contributed by atoms with van der Waals surface area (Å²) in [6.07, 6.45) is 0. The third-order valence-electron chi connectivity index (χ3n) is 9.15. The average Bonchev–Trinajstić information content (AvgIpc) is 3.11. The van der Waals surface area contributed by atoms with Crippen molar-refractivity contribution in [2.75, 3.05) is 4.90 Å². The van der Waals surface area contributed by atoms with Gasteiger partial charge in [0.2, 0.25) is 0 Å². The molecule has 0 heterocycles. The molecule has 0 saturated heterocycles. The van der Waals surface area contributed by atoms with E-state index in [0.29, 0.717) is 0 Å². The Balaban J connectivity index is 1.33. The van der Waals surface area contributed by atoms with Crippen LogP contribution >= 0.6 is 0 Å². The summed E-state index contributed by atoms with van der Waals surface area (Å²) in [5.41, 5.74) is 5.97. The van der Waals surface area contributed by atoms with Gasteiger partial charge in [-0.1, -0.05) is 133 Å². The van der Waals surface area contributed by atoms with Crippen molar-refractivity contribution in [3.8, 4) is 11.1 Å². The van der Waals surface area contributed by atoms with Gasteiger partial charge in [-0.2, -0.15) is 0 Å². The summed E-state index contributed by atoms with van der Waals surface area (Å²) in [5, 5.41) is 12.6. The third kappa shape index (κ3) is 4.17. The van der Waals surface area contributed by atoms with Crippen molar-refractivity contribution in [3.05, 3.63) is 176 Å². The molecule has 210 valence electrons. The summed E-state index contributed by atoms with van der Waals surface area (Å²) in [4.78, 5) is 2.41. The molecule has 9 aromatic carbocycles. The third-order valence-corrected chi connectivity index (χ3v) is 9.15. The number of hydrogen-bond donors (Lipinski definition) is 0. The second-order valence-electron chi connectivity index (χ2n) is 11.7. The quantitative estimate of drug-likeness (QED) is 0.150. The van der Waals surface area contributed by atoms with Crippen LogP contribution < -0.4 is 4.90 Å². The number of hydrogen-bond acceptors (Lipinski definition) is 1. The first kappa shape index (κ1) is 25.6. The Morgan fingerprint density at radius 2 is 0.778 bits per heavy atom. The van der Waals surface area contributed by atoms with Gasteiger partial charge in [0.15, 0.2) is 0 Å². The molecule has 9 aromatic rings. The Bertz CT molecular complexity index is 2430. The van der Waals surface area contributed by atoms with Gasteiger partial charge >= 0.3 is 0 Å². The second-order valence-corrected chi connectivity index (χ2v) is 11.7. The van der Waals surface area contributed by atoms with Crippen LogP contribution in [0.2, 0.25) is 0 Å². The number of para-hydroxylation sites is 2. The summed E-state index contributed by atoms with van der Waals surface area (Å²) >= 11 is 0. The van der Waals surface area contributed by atoms with E-state index >= 15 is 0 Å². The summed E-state index contributed by atoms with van der Waals surface area (Å²) in [7, 11) is 0. The molecule has 0 aliphatic rings. The van der Waals surface area contributed by atoms with E-state index in [2.05, 4.69) is 181 Å². The Hall–Kier alpha value is -5.92. The fraction of sp³-hybridized carbons (Fsp3) is 0. The van der Waals surface area contributed by atoms with Gasteiger partial charge in [-0.15, -0.1) is 0 Å². The molecular weight excluding hydrogens is 542 g/mol. The zero-order chi connectivity index (χ0) is 29.7. The smallest absolute Gasteiger partial charge is 0.0618 e. The normalized spacial score (nSPS) is 11.6. The lowest BCUT2D eigenvalue weighted by atomic mass is 9.88. The van der Waals surface area contributed by atoms with E-state index < -0.39 is 0 Å². The zero-order valence-corrected chi connectivity index (χ0v) is 24.7. The maximum absolute atomic E-state index is 2.41. The SMILES string of the molecule is c1ccc(N(c2ccccc2)c2c3ccccc3c(-c3ccc4c(ccc5cc6ccccc6cc54)c3)c3ccccc23)cc1. The van der Waals surface area contributed by atoms with Gasteiger partial charge in [0.05, 0.1) is 5.69 Å². The van der Waals surface area contributed by atoms with Crippen molar-refractivity contribution < 1.29 is 0 Å². The number of rotatable bonds is 4. The fourth-order valence-electron chi connectivity index (χ4n) is 7.13. The highest BCUT2D eigenvalue weighted by Crippen LogP contribution is 2.48. The van der Waals surface area contributed by atoms with E-state index in [9.17, 15) is 0 Å². The van der Waals surface area contributed by atoms with Gasteiger partial charge in [0, 0.05) is 22.1 Å². The van der Waals surface area contributed by atoms with Crippen LogP contribution in [0.3, 0.4) is 0 Å². The fourth-order valence-corrected chi connectivity index (χ4v) is 7.13. The van der Waals surface area contributed by atoms with Crippen molar-refractivity contribution in [1.82, 2.24) is 0 Å². The Labute approximate surface area is 262 Å². The van der Waals surface area contributed by atoms with Crippen LogP contribution in [0.4, 0.5) is 17.1 Å². The Morgan fingerprint density at radius 1 is 0.289 bits per heavy atom. The minimum Gasteiger partial charge on any atom is -0.309 e. The predicted octanol–water partition coefficient (Wildman–Crippen LogP) is 12.6. The zero-order valence-electron chi connectivity index (χ0n) is 24.7. The maximum atomic E-state index is 2.41. The Kier molecular flexibility index (Phi) is 5.89. The summed E-state index contributed by atoms with van der Waals surface area (Å²) in [6, 6.07) is 64.0. The first-order chi connectivity index (χ1) is 22.3. The molecular formula is C44H29N. The molecule has 9 rings (SSSR count). The van der Waals surface area contributed by atoms with Crippen molar-refractivity contribution in [2.45, 2.75) is 0 Å². The van der Waals surface area contributed by atoms with Crippen LogP contribution in [-0.2, 0) is 0 Å². The molecule has 0 spiro atoms. The Morgan fingerprint density at radius 3 is 1.38 bits per heavy atom. The predicted molar refractivity (Wildman–Crippen MR) is 194 cm³/mol. The lowest BCUT2D eigenvalue weighted by Crippen LogP contribution is -2.11. The molecule has 0 aliphatic heterocycles. The van der Waals surface area contributed by atoms with Crippen LogP contribution in [0, 0.1) is 0 Å².